The number of piperazine rings is 1. The zero-order valence-electron chi connectivity index (χ0n) is 17.1. The lowest BCUT2D eigenvalue weighted by Crippen LogP contribution is -2.58. The Labute approximate surface area is 171 Å². The van der Waals surface area contributed by atoms with E-state index in [2.05, 4.69) is 24.1 Å². The molecule has 0 saturated carbocycles. The molecule has 0 bridgehead atoms. The molecule has 2 aromatic rings. The van der Waals surface area contributed by atoms with E-state index >= 15 is 0 Å². The van der Waals surface area contributed by atoms with Gasteiger partial charge in [0, 0.05) is 43.0 Å². The van der Waals surface area contributed by atoms with Crippen molar-refractivity contribution in [1.82, 2.24) is 15.3 Å². The highest BCUT2D eigenvalue weighted by atomic mass is 16.5. The van der Waals surface area contributed by atoms with Crippen molar-refractivity contribution in [1.29, 1.82) is 0 Å². The number of hydrogen-bond donors (Lipinski definition) is 3. The second-order valence-corrected chi connectivity index (χ2v) is 7.71. The van der Waals surface area contributed by atoms with Crippen LogP contribution in [0.25, 0.3) is 0 Å². The van der Waals surface area contributed by atoms with Gasteiger partial charge in [0.15, 0.2) is 0 Å². The summed E-state index contributed by atoms with van der Waals surface area (Å²) in [7, 11) is 0. The maximum atomic E-state index is 12.7. The number of carbonyl (C=O) groups excluding carboxylic acids is 2. The van der Waals surface area contributed by atoms with E-state index in [0.29, 0.717) is 18.7 Å². The van der Waals surface area contributed by atoms with Gasteiger partial charge in [-0.05, 0) is 56.2 Å². The van der Waals surface area contributed by atoms with Crippen LogP contribution in [-0.4, -0.2) is 52.1 Å². The zero-order chi connectivity index (χ0) is 21.0. The molecular weight excluding hydrogens is 368 g/mol. The molecule has 1 heterocycles. The highest BCUT2D eigenvalue weighted by Crippen LogP contribution is 2.20. The summed E-state index contributed by atoms with van der Waals surface area (Å²) < 4.78 is 0. The summed E-state index contributed by atoms with van der Waals surface area (Å²) in [6.45, 7) is 8.27. The first-order valence-corrected chi connectivity index (χ1v) is 9.79. The van der Waals surface area contributed by atoms with Gasteiger partial charge in [-0.2, -0.15) is 0 Å². The van der Waals surface area contributed by atoms with Gasteiger partial charge < -0.3 is 10.2 Å². The third-order valence-electron chi connectivity index (χ3n) is 5.34. The minimum atomic E-state index is -0.522. The lowest BCUT2D eigenvalue weighted by molar-refractivity contribution is 0.0526. The fourth-order valence-corrected chi connectivity index (χ4v) is 3.80. The number of aryl methyl sites for hydroxylation is 1. The first-order chi connectivity index (χ1) is 13.9. The van der Waals surface area contributed by atoms with Crippen LogP contribution in [0.5, 0.6) is 0 Å². The molecule has 0 spiro atoms. The van der Waals surface area contributed by atoms with Crippen LogP contribution in [0, 0.1) is 6.92 Å². The van der Waals surface area contributed by atoms with E-state index in [1.165, 1.54) is 0 Å². The number of urea groups is 1. The Hall–Kier alpha value is -2.90. The maximum absolute atomic E-state index is 12.7. The van der Waals surface area contributed by atoms with Crippen molar-refractivity contribution in [2.24, 2.45) is 0 Å². The minimum absolute atomic E-state index is 0.0756. The highest BCUT2D eigenvalue weighted by Gasteiger charge is 2.31. The van der Waals surface area contributed by atoms with Crippen molar-refractivity contribution in [2.45, 2.75) is 39.4 Å². The predicted octanol–water partition coefficient (Wildman–Crippen LogP) is 3.24. The van der Waals surface area contributed by atoms with Gasteiger partial charge in [-0.25, -0.2) is 10.3 Å². The topological polar surface area (TPSA) is 84.9 Å². The molecule has 3 amide bonds. The maximum Gasteiger partial charge on any atom is 0.321 e. The van der Waals surface area contributed by atoms with Crippen LogP contribution in [0.1, 0.15) is 35.3 Å². The monoisotopic (exact) mass is 396 g/mol. The quantitative estimate of drug-likeness (QED) is 0.547. The minimum Gasteiger partial charge on any atom is -0.321 e. The molecule has 0 aliphatic carbocycles. The molecule has 154 valence electrons. The molecule has 2 atom stereocenters. The van der Waals surface area contributed by atoms with E-state index in [-0.39, 0.29) is 18.1 Å². The highest BCUT2D eigenvalue weighted by molar-refractivity contribution is 5.93. The van der Waals surface area contributed by atoms with Gasteiger partial charge in [-0.1, -0.05) is 24.3 Å². The lowest BCUT2D eigenvalue weighted by Gasteiger charge is -2.44. The van der Waals surface area contributed by atoms with E-state index in [1.54, 1.807) is 17.6 Å². The Bertz CT molecular complexity index is 857. The molecule has 2 aromatic carbocycles. The summed E-state index contributed by atoms with van der Waals surface area (Å²) in [6.07, 6.45) is 0. The second-order valence-electron chi connectivity index (χ2n) is 7.71. The second kappa shape index (κ2) is 9.07. The predicted molar refractivity (Wildman–Crippen MR) is 112 cm³/mol. The molecule has 1 aliphatic rings. The van der Waals surface area contributed by atoms with Crippen LogP contribution in [-0.2, 0) is 6.54 Å². The van der Waals surface area contributed by atoms with Gasteiger partial charge in [0.2, 0.25) is 0 Å². The van der Waals surface area contributed by atoms with Crippen LogP contribution in [0.3, 0.4) is 0 Å². The van der Waals surface area contributed by atoms with Crippen molar-refractivity contribution in [3.8, 4) is 0 Å². The Morgan fingerprint density at radius 2 is 1.72 bits per heavy atom. The number of hydroxylamine groups is 1. The van der Waals surface area contributed by atoms with Crippen LogP contribution in [0.4, 0.5) is 10.5 Å². The number of amides is 3. The molecule has 3 rings (SSSR count). The molecule has 0 radical (unpaired) electrons. The SMILES string of the molecule is Cc1cccc(NC(=O)N2CC(C)N(Cc3ccc(C(=O)NO)cc3)C(C)C2)c1. The van der Waals surface area contributed by atoms with Crippen molar-refractivity contribution in [3.05, 3.63) is 65.2 Å². The normalized spacial score (nSPS) is 19.7. The van der Waals surface area contributed by atoms with E-state index in [9.17, 15) is 9.59 Å². The summed E-state index contributed by atoms with van der Waals surface area (Å²) in [6, 6.07) is 15.3. The molecule has 29 heavy (non-hydrogen) atoms. The van der Waals surface area contributed by atoms with Gasteiger partial charge in [-0.15, -0.1) is 0 Å². The summed E-state index contributed by atoms with van der Waals surface area (Å²) in [4.78, 5) is 28.4. The van der Waals surface area contributed by atoms with Crippen molar-refractivity contribution < 1.29 is 14.8 Å². The molecule has 1 fully saturated rings. The van der Waals surface area contributed by atoms with Gasteiger partial charge in [0.1, 0.15) is 0 Å². The van der Waals surface area contributed by atoms with Crippen LogP contribution in [0.2, 0.25) is 0 Å². The third kappa shape index (κ3) is 5.13. The fraction of sp³-hybridized carbons (Fsp3) is 0.364. The zero-order valence-corrected chi connectivity index (χ0v) is 17.1. The number of rotatable bonds is 4. The van der Waals surface area contributed by atoms with E-state index in [4.69, 9.17) is 5.21 Å². The third-order valence-corrected chi connectivity index (χ3v) is 5.34. The Morgan fingerprint density at radius 1 is 1.07 bits per heavy atom. The number of carbonyl (C=O) groups is 2. The van der Waals surface area contributed by atoms with E-state index in [0.717, 1.165) is 23.4 Å². The summed E-state index contributed by atoms with van der Waals surface area (Å²) in [5, 5.41) is 11.7. The Balaban J connectivity index is 1.60. The molecule has 7 nitrogen and oxygen atoms in total. The number of benzene rings is 2. The van der Waals surface area contributed by atoms with Gasteiger partial charge in [0.25, 0.3) is 5.91 Å². The number of hydrogen-bond acceptors (Lipinski definition) is 4. The molecule has 1 saturated heterocycles. The van der Waals surface area contributed by atoms with Crippen LogP contribution >= 0.6 is 0 Å². The molecule has 2 unspecified atom stereocenters. The molecule has 1 aliphatic heterocycles. The average Bonchev–Trinajstić information content (AvgIpc) is 2.70. The molecule has 7 heteroatoms. The Kier molecular flexibility index (Phi) is 6.51. The first-order valence-electron chi connectivity index (χ1n) is 9.79. The van der Waals surface area contributed by atoms with Crippen LogP contribution in [0.15, 0.2) is 48.5 Å². The fourth-order valence-electron chi connectivity index (χ4n) is 3.80. The molecular formula is C22H28N4O3. The van der Waals surface area contributed by atoms with Gasteiger partial charge >= 0.3 is 6.03 Å². The van der Waals surface area contributed by atoms with Gasteiger partial charge in [-0.3, -0.25) is 14.9 Å². The first kappa shape index (κ1) is 20.8. The number of anilines is 1. The van der Waals surface area contributed by atoms with Gasteiger partial charge in [0.05, 0.1) is 0 Å². The largest absolute Gasteiger partial charge is 0.321 e. The van der Waals surface area contributed by atoms with Crippen LogP contribution < -0.4 is 10.8 Å². The average molecular weight is 396 g/mol. The summed E-state index contributed by atoms with van der Waals surface area (Å²) >= 11 is 0. The number of nitrogens with zero attached hydrogens (tertiary/aromatic N) is 2. The van der Waals surface area contributed by atoms with Crippen molar-refractivity contribution in [2.75, 3.05) is 18.4 Å². The Morgan fingerprint density at radius 3 is 2.31 bits per heavy atom. The molecule has 0 aromatic heterocycles. The number of nitrogens with one attached hydrogen (secondary N) is 2. The van der Waals surface area contributed by atoms with Crippen molar-refractivity contribution >= 4 is 17.6 Å². The standard InChI is InChI=1S/C22H28N4O3/c1-15-5-4-6-20(11-15)23-22(28)25-12-16(2)26(17(3)13-25)14-18-7-9-19(10-8-18)21(27)24-29/h4-11,16-17,29H,12-14H2,1-3H3,(H,23,28)(H,24,27). The molecule has 3 N–H and O–H groups in total. The van der Waals surface area contributed by atoms with E-state index in [1.807, 2.05) is 48.2 Å². The smallest absolute Gasteiger partial charge is 0.321 e. The lowest BCUT2D eigenvalue weighted by atomic mass is 10.1. The van der Waals surface area contributed by atoms with Crippen molar-refractivity contribution in [3.63, 3.8) is 0 Å². The summed E-state index contributed by atoms with van der Waals surface area (Å²) in [5.41, 5.74) is 5.05. The van der Waals surface area contributed by atoms with E-state index < -0.39 is 5.91 Å². The summed E-state index contributed by atoms with van der Waals surface area (Å²) in [5.74, 6) is -0.522.